The van der Waals surface area contributed by atoms with Crippen LogP contribution in [0, 0.1) is 0 Å². The molecular weight excluding hydrogens is 384 g/mol. The van der Waals surface area contributed by atoms with Crippen molar-refractivity contribution in [3.05, 3.63) is 53.6 Å². The number of amides is 1. The van der Waals surface area contributed by atoms with Crippen LogP contribution >= 0.6 is 11.8 Å². The number of methoxy groups -OCH3 is 1. The number of thioether (sulfide) groups is 1. The predicted molar refractivity (Wildman–Crippen MR) is 108 cm³/mol. The van der Waals surface area contributed by atoms with Crippen molar-refractivity contribution in [1.82, 2.24) is 0 Å². The minimum atomic E-state index is -3.75. The standard InChI is InChI=1S/C19H22N2O4S2/c1-13-8-15-10-17(27(20,23)24)6-7-18(15)21(13)19(22)12-26-11-14-4-3-5-16(9-14)25-2/h3-7,9-10,13H,8,11-12H2,1-2H3,(H2,20,23,24). The Labute approximate surface area is 163 Å². The summed E-state index contributed by atoms with van der Waals surface area (Å²) in [6.45, 7) is 1.96. The smallest absolute Gasteiger partial charge is 0.238 e. The molecule has 1 amide bonds. The van der Waals surface area contributed by atoms with Gasteiger partial charge in [-0.25, -0.2) is 13.6 Å². The van der Waals surface area contributed by atoms with Crippen molar-refractivity contribution in [2.24, 2.45) is 5.14 Å². The summed E-state index contributed by atoms with van der Waals surface area (Å²) in [6, 6.07) is 12.5. The van der Waals surface area contributed by atoms with E-state index < -0.39 is 10.0 Å². The monoisotopic (exact) mass is 406 g/mol. The van der Waals surface area contributed by atoms with Gasteiger partial charge in [-0.05, 0) is 54.8 Å². The molecule has 1 aliphatic rings. The van der Waals surface area contributed by atoms with Gasteiger partial charge in [0.15, 0.2) is 0 Å². The Balaban J connectivity index is 1.67. The van der Waals surface area contributed by atoms with Gasteiger partial charge in [0, 0.05) is 17.5 Å². The molecule has 0 saturated heterocycles. The molecule has 1 unspecified atom stereocenters. The average Bonchev–Trinajstić information content (AvgIpc) is 2.96. The highest BCUT2D eigenvalue weighted by atomic mass is 32.2. The van der Waals surface area contributed by atoms with Gasteiger partial charge in [0.25, 0.3) is 0 Å². The number of rotatable bonds is 6. The molecule has 144 valence electrons. The van der Waals surface area contributed by atoms with E-state index in [1.807, 2.05) is 31.2 Å². The van der Waals surface area contributed by atoms with Crippen molar-refractivity contribution in [1.29, 1.82) is 0 Å². The zero-order valence-electron chi connectivity index (χ0n) is 15.2. The van der Waals surface area contributed by atoms with Crippen LogP contribution in [-0.2, 0) is 27.0 Å². The van der Waals surface area contributed by atoms with E-state index >= 15 is 0 Å². The first-order chi connectivity index (χ1) is 12.8. The number of anilines is 1. The molecule has 0 bridgehead atoms. The number of hydrogen-bond donors (Lipinski definition) is 1. The number of carbonyl (C=O) groups excluding carboxylic acids is 1. The molecule has 8 heteroatoms. The lowest BCUT2D eigenvalue weighted by atomic mass is 10.1. The van der Waals surface area contributed by atoms with Gasteiger partial charge in [-0.3, -0.25) is 4.79 Å². The zero-order chi connectivity index (χ0) is 19.6. The van der Waals surface area contributed by atoms with E-state index in [0.29, 0.717) is 17.9 Å². The summed E-state index contributed by atoms with van der Waals surface area (Å²) in [5, 5.41) is 5.20. The number of primary sulfonamides is 1. The van der Waals surface area contributed by atoms with Crippen LogP contribution in [-0.4, -0.2) is 33.2 Å². The molecule has 1 atom stereocenters. The number of fused-ring (bicyclic) bond motifs is 1. The van der Waals surface area contributed by atoms with Crippen molar-refractivity contribution in [2.45, 2.75) is 30.0 Å². The van der Waals surface area contributed by atoms with Gasteiger partial charge < -0.3 is 9.64 Å². The van der Waals surface area contributed by atoms with E-state index in [0.717, 1.165) is 22.6 Å². The Kier molecular flexibility index (Phi) is 5.78. The molecule has 1 heterocycles. The molecular formula is C19H22N2O4S2. The molecule has 27 heavy (non-hydrogen) atoms. The van der Waals surface area contributed by atoms with Crippen LogP contribution in [0.25, 0.3) is 0 Å². The zero-order valence-corrected chi connectivity index (χ0v) is 16.8. The lowest BCUT2D eigenvalue weighted by Crippen LogP contribution is -2.37. The molecule has 0 spiro atoms. The molecule has 3 rings (SSSR count). The lowest BCUT2D eigenvalue weighted by molar-refractivity contribution is -0.116. The molecule has 2 aromatic carbocycles. The highest BCUT2D eigenvalue weighted by Crippen LogP contribution is 2.34. The van der Waals surface area contributed by atoms with Gasteiger partial charge in [0.2, 0.25) is 15.9 Å². The minimum absolute atomic E-state index is 0.0116. The molecule has 1 aliphatic heterocycles. The van der Waals surface area contributed by atoms with Crippen LogP contribution in [0.5, 0.6) is 5.75 Å². The third kappa shape index (κ3) is 4.45. The number of ether oxygens (including phenoxy) is 1. The van der Waals surface area contributed by atoms with E-state index in [1.54, 1.807) is 35.9 Å². The summed E-state index contributed by atoms with van der Waals surface area (Å²) in [5.41, 5.74) is 2.70. The first-order valence-corrected chi connectivity index (χ1v) is 11.2. The maximum atomic E-state index is 12.8. The molecule has 0 aromatic heterocycles. The SMILES string of the molecule is COc1cccc(CSCC(=O)N2c3ccc(S(N)(=O)=O)cc3CC2C)c1. The molecule has 2 N–H and O–H groups in total. The largest absolute Gasteiger partial charge is 0.497 e. The van der Waals surface area contributed by atoms with Gasteiger partial charge in [0.1, 0.15) is 5.75 Å². The fourth-order valence-electron chi connectivity index (χ4n) is 3.25. The number of sulfonamides is 1. The van der Waals surface area contributed by atoms with Crippen LogP contribution in [0.15, 0.2) is 47.4 Å². The highest BCUT2D eigenvalue weighted by Gasteiger charge is 2.31. The summed E-state index contributed by atoms with van der Waals surface area (Å²) in [5.74, 6) is 1.87. The third-order valence-electron chi connectivity index (χ3n) is 4.49. The molecule has 0 aliphatic carbocycles. The molecule has 0 saturated carbocycles. The number of carbonyl (C=O) groups is 1. The minimum Gasteiger partial charge on any atom is -0.497 e. The first kappa shape index (κ1) is 19.7. The van der Waals surface area contributed by atoms with E-state index in [4.69, 9.17) is 9.88 Å². The van der Waals surface area contributed by atoms with Gasteiger partial charge >= 0.3 is 0 Å². The summed E-state index contributed by atoms with van der Waals surface area (Å²) in [4.78, 5) is 14.6. The normalized spacial score (nSPS) is 16.3. The first-order valence-electron chi connectivity index (χ1n) is 8.48. The van der Waals surface area contributed by atoms with Crippen LogP contribution in [0.2, 0.25) is 0 Å². The summed E-state index contributed by atoms with van der Waals surface area (Å²) in [7, 11) is -2.12. The fourth-order valence-corrected chi connectivity index (χ4v) is 4.65. The van der Waals surface area contributed by atoms with Crippen molar-refractivity contribution in [3.8, 4) is 5.75 Å². The highest BCUT2D eigenvalue weighted by molar-refractivity contribution is 7.99. The van der Waals surface area contributed by atoms with Crippen LogP contribution in [0.3, 0.4) is 0 Å². The number of nitrogens with zero attached hydrogens (tertiary/aromatic N) is 1. The molecule has 6 nitrogen and oxygen atoms in total. The summed E-state index contributed by atoms with van der Waals surface area (Å²) >= 11 is 1.54. The molecule has 2 aromatic rings. The maximum absolute atomic E-state index is 12.8. The van der Waals surface area contributed by atoms with E-state index in [-0.39, 0.29) is 16.8 Å². The fraction of sp³-hybridized carbons (Fsp3) is 0.316. The third-order valence-corrected chi connectivity index (χ3v) is 6.39. The Bertz CT molecular complexity index is 960. The Morgan fingerprint density at radius 1 is 1.30 bits per heavy atom. The van der Waals surface area contributed by atoms with Gasteiger partial charge in [-0.2, -0.15) is 0 Å². The molecule has 0 fully saturated rings. The Hall–Kier alpha value is -2.03. The van der Waals surface area contributed by atoms with Crippen molar-refractivity contribution < 1.29 is 17.9 Å². The van der Waals surface area contributed by atoms with Crippen molar-refractivity contribution in [3.63, 3.8) is 0 Å². The van der Waals surface area contributed by atoms with Crippen LogP contribution in [0.1, 0.15) is 18.1 Å². The topological polar surface area (TPSA) is 89.7 Å². The second-order valence-corrected chi connectivity index (χ2v) is 9.04. The van der Waals surface area contributed by atoms with Crippen molar-refractivity contribution in [2.75, 3.05) is 17.8 Å². The second-order valence-electron chi connectivity index (χ2n) is 6.50. The number of benzene rings is 2. The summed E-state index contributed by atoms with van der Waals surface area (Å²) in [6.07, 6.45) is 0.616. The van der Waals surface area contributed by atoms with Crippen LogP contribution in [0.4, 0.5) is 5.69 Å². The lowest BCUT2D eigenvalue weighted by Gasteiger charge is -2.22. The quantitative estimate of drug-likeness (QED) is 0.796. The predicted octanol–water partition coefficient (Wildman–Crippen LogP) is 2.55. The van der Waals surface area contributed by atoms with E-state index in [2.05, 4.69) is 0 Å². The Morgan fingerprint density at radius 2 is 2.07 bits per heavy atom. The van der Waals surface area contributed by atoms with Gasteiger partial charge in [-0.15, -0.1) is 11.8 Å². The maximum Gasteiger partial charge on any atom is 0.238 e. The Morgan fingerprint density at radius 3 is 2.78 bits per heavy atom. The van der Waals surface area contributed by atoms with E-state index in [1.165, 1.54) is 6.07 Å². The van der Waals surface area contributed by atoms with Crippen molar-refractivity contribution >= 4 is 33.4 Å². The summed E-state index contributed by atoms with van der Waals surface area (Å²) < 4.78 is 28.3. The van der Waals surface area contributed by atoms with Gasteiger partial charge in [0.05, 0.1) is 17.8 Å². The van der Waals surface area contributed by atoms with Crippen LogP contribution < -0.4 is 14.8 Å². The number of nitrogens with two attached hydrogens (primary N) is 1. The average molecular weight is 407 g/mol. The van der Waals surface area contributed by atoms with Gasteiger partial charge in [-0.1, -0.05) is 12.1 Å². The molecule has 0 radical (unpaired) electrons. The number of hydrogen-bond acceptors (Lipinski definition) is 5. The van der Waals surface area contributed by atoms with E-state index in [9.17, 15) is 13.2 Å². The second kappa shape index (κ2) is 7.92.